The number of carbonyl (C=O) groups is 2. The summed E-state index contributed by atoms with van der Waals surface area (Å²) in [4.78, 5) is 23.0. The Balaban J connectivity index is 1.98. The number of methoxy groups -OCH3 is 1. The lowest BCUT2D eigenvalue weighted by atomic mass is 10.2. The van der Waals surface area contributed by atoms with Gasteiger partial charge in [-0.1, -0.05) is 0 Å². The molecule has 0 spiro atoms. The highest BCUT2D eigenvalue weighted by molar-refractivity contribution is 9.10. The molecule has 0 aliphatic carbocycles. The summed E-state index contributed by atoms with van der Waals surface area (Å²) in [6.45, 7) is 2.26. The molecule has 2 aromatic carbocycles. The maximum Gasteiger partial charge on any atom is 0.262 e. The molecule has 0 aliphatic heterocycles. The SMILES string of the molecule is CCOc1ccc(NC(=O)COc2cc(C=O)c(Br)cc2OC)cc1. The Kier molecular flexibility index (Phi) is 6.82. The van der Waals surface area contributed by atoms with E-state index >= 15 is 0 Å². The van der Waals surface area contributed by atoms with Crippen molar-refractivity contribution in [2.45, 2.75) is 6.92 Å². The van der Waals surface area contributed by atoms with Crippen molar-refractivity contribution in [2.75, 3.05) is 25.6 Å². The fourth-order valence-electron chi connectivity index (χ4n) is 2.06. The van der Waals surface area contributed by atoms with E-state index in [4.69, 9.17) is 14.2 Å². The minimum Gasteiger partial charge on any atom is -0.494 e. The Bertz CT molecular complexity index is 746. The average Bonchev–Trinajstić information content (AvgIpc) is 2.62. The van der Waals surface area contributed by atoms with E-state index in [2.05, 4.69) is 21.2 Å². The zero-order chi connectivity index (χ0) is 18.2. The molecule has 0 aromatic heterocycles. The molecular formula is C18H18BrNO5. The number of amides is 1. The lowest BCUT2D eigenvalue weighted by Gasteiger charge is -2.12. The molecule has 25 heavy (non-hydrogen) atoms. The Morgan fingerprint density at radius 3 is 2.48 bits per heavy atom. The molecule has 132 valence electrons. The molecule has 1 amide bonds. The molecule has 1 N–H and O–H groups in total. The Labute approximate surface area is 154 Å². The largest absolute Gasteiger partial charge is 0.494 e. The van der Waals surface area contributed by atoms with E-state index in [1.54, 1.807) is 30.3 Å². The highest BCUT2D eigenvalue weighted by Crippen LogP contribution is 2.32. The fourth-order valence-corrected chi connectivity index (χ4v) is 2.47. The van der Waals surface area contributed by atoms with Crippen LogP contribution in [-0.2, 0) is 4.79 Å². The van der Waals surface area contributed by atoms with Crippen LogP contribution in [0.2, 0.25) is 0 Å². The lowest BCUT2D eigenvalue weighted by molar-refractivity contribution is -0.118. The van der Waals surface area contributed by atoms with E-state index in [9.17, 15) is 9.59 Å². The quantitative estimate of drug-likeness (QED) is 0.675. The number of rotatable bonds is 8. The number of hydrogen-bond donors (Lipinski definition) is 1. The van der Waals surface area contributed by atoms with Crippen molar-refractivity contribution in [3.05, 3.63) is 46.4 Å². The van der Waals surface area contributed by atoms with Gasteiger partial charge in [0.2, 0.25) is 0 Å². The third kappa shape index (κ3) is 5.22. The minimum atomic E-state index is -0.332. The Hall–Kier alpha value is -2.54. The van der Waals surface area contributed by atoms with Gasteiger partial charge in [-0.2, -0.15) is 0 Å². The molecule has 0 heterocycles. The van der Waals surface area contributed by atoms with Crippen molar-refractivity contribution < 1.29 is 23.8 Å². The van der Waals surface area contributed by atoms with Crippen LogP contribution in [0.5, 0.6) is 17.2 Å². The van der Waals surface area contributed by atoms with Gasteiger partial charge in [0.1, 0.15) is 5.75 Å². The second kappa shape index (κ2) is 9.08. The van der Waals surface area contributed by atoms with Gasteiger partial charge < -0.3 is 19.5 Å². The fraction of sp³-hybridized carbons (Fsp3) is 0.222. The van der Waals surface area contributed by atoms with Gasteiger partial charge in [-0.3, -0.25) is 9.59 Å². The number of anilines is 1. The second-order valence-corrected chi connectivity index (χ2v) is 5.79. The van der Waals surface area contributed by atoms with Crippen molar-refractivity contribution in [1.82, 2.24) is 0 Å². The van der Waals surface area contributed by atoms with E-state index in [1.807, 2.05) is 6.92 Å². The van der Waals surface area contributed by atoms with Gasteiger partial charge in [-0.25, -0.2) is 0 Å². The molecule has 0 radical (unpaired) electrons. The molecule has 0 aliphatic rings. The highest BCUT2D eigenvalue weighted by Gasteiger charge is 2.12. The first kappa shape index (κ1) is 18.8. The van der Waals surface area contributed by atoms with Crippen molar-refractivity contribution >= 4 is 33.8 Å². The zero-order valence-corrected chi connectivity index (χ0v) is 15.5. The van der Waals surface area contributed by atoms with Crippen molar-refractivity contribution in [3.63, 3.8) is 0 Å². The van der Waals surface area contributed by atoms with Gasteiger partial charge in [0, 0.05) is 15.7 Å². The maximum atomic E-state index is 12.0. The minimum absolute atomic E-state index is 0.219. The summed E-state index contributed by atoms with van der Waals surface area (Å²) in [6, 6.07) is 10.2. The van der Waals surface area contributed by atoms with Gasteiger partial charge in [0.25, 0.3) is 5.91 Å². The van der Waals surface area contributed by atoms with Crippen molar-refractivity contribution in [3.8, 4) is 17.2 Å². The molecule has 0 saturated carbocycles. The predicted molar refractivity (Wildman–Crippen MR) is 97.8 cm³/mol. The number of halogens is 1. The van der Waals surface area contributed by atoms with Crippen LogP contribution in [0, 0.1) is 0 Å². The normalized spacial score (nSPS) is 10.0. The van der Waals surface area contributed by atoms with Gasteiger partial charge in [-0.05, 0) is 59.3 Å². The molecule has 0 unspecified atom stereocenters. The lowest BCUT2D eigenvalue weighted by Crippen LogP contribution is -2.20. The van der Waals surface area contributed by atoms with E-state index in [1.165, 1.54) is 13.2 Å². The summed E-state index contributed by atoms with van der Waals surface area (Å²) in [5, 5.41) is 2.72. The molecule has 0 atom stereocenters. The third-order valence-corrected chi connectivity index (χ3v) is 3.90. The summed E-state index contributed by atoms with van der Waals surface area (Å²) in [5.41, 5.74) is 1.04. The van der Waals surface area contributed by atoms with Crippen LogP contribution in [-0.4, -0.2) is 32.5 Å². The summed E-state index contributed by atoms with van der Waals surface area (Å²) in [7, 11) is 1.48. The van der Waals surface area contributed by atoms with Gasteiger partial charge in [-0.15, -0.1) is 0 Å². The van der Waals surface area contributed by atoms with Crippen LogP contribution in [0.25, 0.3) is 0 Å². The standard InChI is InChI=1S/C18H18BrNO5/c1-3-24-14-6-4-13(5-7-14)20-18(22)11-25-17-8-12(10-21)15(19)9-16(17)23-2/h4-10H,3,11H2,1-2H3,(H,20,22). The Morgan fingerprint density at radius 2 is 1.88 bits per heavy atom. The van der Waals surface area contributed by atoms with Crippen LogP contribution in [0.15, 0.2) is 40.9 Å². The summed E-state index contributed by atoms with van der Waals surface area (Å²) in [6.07, 6.45) is 0.691. The van der Waals surface area contributed by atoms with Crippen LogP contribution < -0.4 is 19.5 Å². The topological polar surface area (TPSA) is 73.9 Å². The number of nitrogens with one attached hydrogen (secondary N) is 1. The first-order valence-corrected chi connectivity index (χ1v) is 8.35. The first-order valence-electron chi connectivity index (χ1n) is 7.55. The molecule has 0 saturated heterocycles. The number of carbonyl (C=O) groups excluding carboxylic acids is 2. The zero-order valence-electron chi connectivity index (χ0n) is 13.9. The predicted octanol–water partition coefficient (Wildman–Crippen LogP) is 3.69. The number of ether oxygens (including phenoxy) is 3. The van der Waals surface area contributed by atoms with Gasteiger partial charge >= 0.3 is 0 Å². The van der Waals surface area contributed by atoms with Crippen molar-refractivity contribution in [1.29, 1.82) is 0 Å². The summed E-state index contributed by atoms with van der Waals surface area (Å²) >= 11 is 3.27. The molecule has 2 aromatic rings. The number of aldehydes is 1. The van der Waals surface area contributed by atoms with Gasteiger partial charge in [0.05, 0.1) is 13.7 Å². The van der Waals surface area contributed by atoms with E-state index in [0.29, 0.717) is 40.1 Å². The average molecular weight is 408 g/mol. The van der Waals surface area contributed by atoms with E-state index in [-0.39, 0.29) is 12.5 Å². The van der Waals surface area contributed by atoms with Crippen LogP contribution in [0.1, 0.15) is 17.3 Å². The van der Waals surface area contributed by atoms with Crippen molar-refractivity contribution in [2.24, 2.45) is 0 Å². The monoisotopic (exact) mass is 407 g/mol. The number of benzene rings is 2. The first-order chi connectivity index (χ1) is 12.1. The van der Waals surface area contributed by atoms with Crippen LogP contribution in [0.3, 0.4) is 0 Å². The van der Waals surface area contributed by atoms with E-state index < -0.39 is 0 Å². The highest BCUT2D eigenvalue weighted by atomic mass is 79.9. The Morgan fingerprint density at radius 1 is 1.16 bits per heavy atom. The molecule has 6 nitrogen and oxygen atoms in total. The summed E-state index contributed by atoms with van der Waals surface area (Å²) in [5.74, 6) is 1.14. The molecule has 0 bridgehead atoms. The molecule has 0 fully saturated rings. The molecule has 2 rings (SSSR count). The third-order valence-electron chi connectivity index (χ3n) is 3.22. The van der Waals surface area contributed by atoms with Crippen LogP contribution >= 0.6 is 15.9 Å². The molecular weight excluding hydrogens is 390 g/mol. The smallest absolute Gasteiger partial charge is 0.262 e. The summed E-state index contributed by atoms with van der Waals surface area (Å²) < 4.78 is 16.6. The van der Waals surface area contributed by atoms with E-state index in [0.717, 1.165) is 5.75 Å². The van der Waals surface area contributed by atoms with Gasteiger partial charge in [0.15, 0.2) is 24.4 Å². The second-order valence-electron chi connectivity index (χ2n) is 4.94. The maximum absolute atomic E-state index is 12.0. The van der Waals surface area contributed by atoms with Crippen LogP contribution in [0.4, 0.5) is 5.69 Å². The molecule has 7 heteroatoms. The number of hydrogen-bond acceptors (Lipinski definition) is 5.